The van der Waals surface area contributed by atoms with Gasteiger partial charge in [0, 0.05) is 106 Å². The van der Waals surface area contributed by atoms with Gasteiger partial charge >= 0.3 is 0 Å². The second kappa shape index (κ2) is 25.6. The zero-order valence-corrected chi connectivity index (χ0v) is 34.7. The van der Waals surface area contributed by atoms with Crippen molar-refractivity contribution < 1.29 is 14.4 Å². The van der Waals surface area contributed by atoms with Crippen molar-refractivity contribution in [3.63, 3.8) is 0 Å². The molecule has 11 heteroatoms. The molecular formula is C46H56Cl2N6O3. The summed E-state index contributed by atoms with van der Waals surface area (Å²) >= 11 is 11.7. The first kappa shape index (κ1) is 45.1. The third-order valence-electron chi connectivity index (χ3n) is 9.33. The quantitative estimate of drug-likeness (QED) is 0.0929. The number of aldehydes is 1. The summed E-state index contributed by atoms with van der Waals surface area (Å²) in [6, 6.07) is 31.0. The number of carbonyl (C=O) groups excluding carboxylic acids is 3. The molecule has 0 unspecified atom stereocenters. The molecule has 0 atom stereocenters. The van der Waals surface area contributed by atoms with E-state index in [1.54, 1.807) is 18.2 Å². The van der Waals surface area contributed by atoms with Gasteiger partial charge in [0.2, 0.25) is 11.8 Å². The van der Waals surface area contributed by atoms with E-state index in [0.29, 0.717) is 17.9 Å². The van der Waals surface area contributed by atoms with Crippen LogP contribution in [0.5, 0.6) is 0 Å². The zero-order chi connectivity index (χ0) is 40.7. The number of anilines is 2. The molecule has 302 valence electrons. The first-order chi connectivity index (χ1) is 27.6. The molecular weight excluding hydrogens is 755 g/mol. The van der Waals surface area contributed by atoms with E-state index in [0.717, 1.165) is 117 Å². The summed E-state index contributed by atoms with van der Waals surface area (Å²) in [6.07, 6.45) is 9.28. The molecule has 0 spiro atoms. The lowest BCUT2D eigenvalue weighted by Gasteiger charge is -2.34. The molecule has 2 saturated heterocycles. The van der Waals surface area contributed by atoms with Crippen molar-refractivity contribution in [3.05, 3.63) is 142 Å². The summed E-state index contributed by atoms with van der Waals surface area (Å²) in [5.41, 5.74) is 6.14. The fraction of sp³-hybridized carbons (Fsp3) is 0.326. The standard InChI is InChI=1S/C23H28ClN3O.C14H21N3O.C9H7ClO/c1-19-5-2-9-22(17-19)25-23(28)10-12-27-15-13-26(14-16-27)11-4-7-20-6-3-8-21(24)18-20;1-12-3-2-4-13(11-12)16-14(18)5-8-17-9-6-15-7-10-17;10-9-5-1-3-8(7-9)4-2-6-11/h2-9,17-18H,10-16H2,1H3,(H,25,28);2-4,11,15H,5-10H2,1H3,(H,16,18);1-7H/b7-4+;;4-2+. The van der Waals surface area contributed by atoms with Gasteiger partial charge in [-0.1, -0.05) is 90.0 Å². The number of hydrogen-bond donors (Lipinski definition) is 3. The first-order valence-corrected chi connectivity index (χ1v) is 20.3. The highest BCUT2D eigenvalue weighted by Crippen LogP contribution is 2.14. The van der Waals surface area contributed by atoms with E-state index >= 15 is 0 Å². The molecule has 4 aromatic carbocycles. The van der Waals surface area contributed by atoms with Gasteiger partial charge in [0.15, 0.2) is 0 Å². The van der Waals surface area contributed by atoms with E-state index < -0.39 is 0 Å². The molecule has 2 amide bonds. The van der Waals surface area contributed by atoms with Gasteiger partial charge in [-0.25, -0.2) is 0 Å². The highest BCUT2D eigenvalue weighted by atomic mass is 35.5. The predicted molar refractivity (Wildman–Crippen MR) is 238 cm³/mol. The topological polar surface area (TPSA) is 97.0 Å². The monoisotopic (exact) mass is 810 g/mol. The van der Waals surface area contributed by atoms with E-state index in [1.807, 2.05) is 92.7 Å². The lowest BCUT2D eigenvalue weighted by atomic mass is 10.2. The van der Waals surface area contributed by atoms with Crippen molar-refractivity contribution in [2.24, 2.45) is 0 Å². The second-order valence-electron chi connectivity index (χ2n) is 14.1. The summed E-state index contributed by atoms with van der Waals surface area (Å²) in [4.78, 5) is 41.0. The fourth-order valence-corrected chi connectivity index (χ4v) is 6.65. The molecule has 4 aromatic rings. The van der Waals surface area contributed by atoms with Crippen LogP contribution in [0.2, 0.25) is 10.0 Å². The number of halogens is 2. The maximum Gasteiger partial charge on any atom is 0.225 e. The largest absolute Gasteiger partial charge is 0.326 e. The molecule has 9 nitrogen and oxygen atoms in total. The van der Waals surface area contributed by atoms with Crippen LogP contribution in [0.25, 0.3) is 12.2 Å². The maximum atomic E-state index is 12.2. The van der Waals surface area contributed by atoms with Crippen LogP contribution in [0.4, 0.5) is 11.4 Å². The lowest BCUT2D eigenvalue weighted by molar-refractivity contribution is -0.117. The van der Waals surface area contributed by atoms with Crippen molar-refractivity contribution in [2.75, 3.05) is 82.6 Å². The van der Waals surface area contributed by atoms with Crippen LogP contribution in [-0.2, 0) is 14.4 Å². The van der Waals surface area contributed by atoms with E-state index in [2.05, 4.69) is 48.9 Å². The summed E-state index contributed by atoms with van der Waals surface area (Å²) in [5, 5.41) is 10.7. The van der Waals surface area contributed by atoms with Gasteiger partial charge in [0.1, 0.15) is 6.29 Å². The number of amides is 2. The van der Waals surface area contributed by atoms with E-state index in [1.165, 1.54) is 6.08 Å². The van der Waals surface area contributed by atoms with Gasteiger partial charge in [0.25, 0.3) is 0 Å². The maximum absolute atomic E-state index is 12.2. The molecule has 0 radical (unpaired) electrons. The van der Waals surface area contributed by atoms with Crippen molar-refractivity contribution in [2.45, 2.75) is 26.7 Å². The van der Waals surface area contributed by atoms with Gasteiger partial charge in [-0.2, -0.15) is 0 Å². The van der Waals surface area contributed by atoms with Gasteiger partial charge in [-0.05, 0) is 90.7 Å². The van der Waals surface area contributed by atoms with Crippen molar-refractivity contribution in [1.82, 2.24) is 20.0 Å². The molecule has 6 rings (SSSR count). The Morgan fingerprint density at radius 1 is 0.632 bits per heavy atom. The second-order valence-corrected chi connectivity index (χ2v) is 14.9. The van der Waals surface area contributed by atoms with Crippen LogP contribution < -0.4 is 16.0 Å². The molecule has 2 aliphatic rings. The van der Waals surface area contributed by atoms with Crippen LogP contribution in [0.1, 0.15) is 35.1 Å². The highest BCUT2D eigenvalue weighted by molar-refractivity contribution is 6.31. The Morgan fingerprint density at radius 2 is 1.11 bits per heavy atom. The smallest absolute Gasteiger partial charge is 0.225 e. The Bertz CT molecular complexity index is 1900. The highest BCUT2D eigenvalue weighted by Gasteiger charge is 2.17. The molecule has 2 heterocycles. The number of aryl methyl sites for hydroxylation is 2. The molecule has 0 aliphatic carbocycles. The third-order valence-corrected chi connectivity index (χ3v) is 9.80. The van der Waals surface area contributed by atoms with Gasteiger partial charge < -0.3 is 25.8 Å². The van der Waals surface area contributed by atoms with Crippen molar-refractivity contribution in [3.8, 4) is 0 Å². The lowest BCUT2D eigenvalue weighted by Crippen LogP contribution is -2.46. The Hall–Kier alpha value is -4.61. The van der Waals surface area contributed by atoms with Crippen LogP contribution in [-0.4, -0.2) is 105 Å². The average molecular weight is 812 g/mol. The minimum absolute atomic E-state index is 0.0810. The number of nitrogens with one attached hydrogen (secondary N) is 3. The molecule has 0 aromatic heterocycles. The third kappa shape index (κ3) is 18.9. The number of piperazine rings is 2. The number of allylic oxidation sites excluding steroid dienone is 1. The Balaban J connectivity index is 0.000000211. The SMILES string of the molecule is Cc1cccc(NC(=O)CCN2CCN(C/C=C/c3cccc(Cl)c3)CC2)c1.Cc1cccc(NC(=O)CCN2CCNCC2)c1.O=C/C=C/c1cccc(Cl)c1. The normalized spacial score (nSPS) is 14.9. The van der Waals surface area contributed by atoms with Crippen LogP contribution in [0.15, 0.2) is 109 Å². The summed E-state index contributed by atoms with van der Waals surface area (Å²) in [7, 11) is 0. The van der Waals surface area contributed by atoms with E-state index in [4.69, 9.17) is 23.2 Å². The summed E-state index contributed by atoms with van der Waals surface area (Å²) in [5.74, 6) is 0.177. The molecule has 0 bridgehead atoms. The minimum atomic E-state index is 0.0810. The predicted octanol–water partition coefficient (Wildman–Crippen LogP) is 8.09. The molecule has 0 saturated carbocycles. The molecule has 57 heavy (non-hydrogen) atoms. The van der Waals surface area contributed by atoms with E-state index in [-0.39, 0.29) is 11.8 Å². The van der Waals surface area contributed by atoms with E-state index in [9.17, 15) is 14.4 Å². The van der Waals surface area contributed by atoms with Gasteiger partial charge in [0.05, 0.1) is 0 Å². The number of nitrogens with zero attached hydrogens (tertiary/aromatic N) is 3. The number of rotatable bonds is 13. The molecule has 3 N–H and O–H groups in total. The average Bonchev–Trinajstić information content (AvgIpc) is 3.20. The number of carbonyl (C=O) groups is 3. The van der Waals surface area contributed by atoms with Gasteiger partial charge in [-0.15, -0.1) is 0 Å². The van der Waals surface area contributed by atoms with Crippen LogP contribution in [0.3, 0.4) is 0 Å². The number of benzene rings is 4. The zero-order valence-electron chi connectivity index (χ0n) is 33.1. The van der Waals surface area contributed by atoms with Crippen LogP contribution >= 0.6 is 23.2 Å². The van der Waals surface area contributed by atoms with Crippen LogP contribution in [0, 0.1) is 13.8 Å². The van der Waals surface area contributed by atoms with Crippen molar-refractivity contribution in [1.29, 1.82) is 0 Å². The summed E-state index contributed by atoms with van der Waals surface area (Å²) in [6.45, 7) is 14.8. The van der Waals surface area contributed by atoms with Gasteiger partial charge in [-0.3, -0.25) is 19.3 Å². The molecule has 2 fully saturated rings. The molecule has 2 aliphatic heterocycles. The summed E-state index contributed by atoms with van der Waals surface area (Å²) < 4.78 is 0. The Labute approximate surface area is 348 Å². The number of hydrogen-bond acceptors (Lipinski definition) is 7. The Morgan fingerprint density at radius 3 is 1.60 bits per heavy atom. The fourth-order valence-electron chi connectivity index (χ4n) is 6.25. The minimum Gasteiger partial charge on any atom is -0.326 e. The van der Waals surface area contributed by atoms with Crippen molar-refractivity contribution >= 4 is 64.8 Å². The first-order valence-electron chi connectivity index (χ1n) is 19.6. The Kier molecular flexibility index (Phi) is 20.3.